The number of hydrogen-bond acceptors (Lipinski definition) is 4. The number of carboxylic acid groups (broad SMARTS) is 1. The maximum absolute atomic E-state index is 12.8. The number of carboxylic acids is 1. The summed E-state index contributed by atoms with van der Waals surface area (Å²) < 4.78 is 0. The van der Waals surface area contributed by atoms with Crippen molar-refractivity contribution in [3.63, 3.8) is 0 Å². The number of fused-ring (bicyclic) bond motifs is 1. The van der Waals surface area contributed by atoms with Crippen molar-refractivity contribution in [3.8, 4) is 0 Å². The van der Waals surface area contributed by atoms with Crippen molar-refractivity contribution >= 4 is 28.5 Å². The smallest absolute Gasteiger partial charge is 0.326 e. The van der Waals surface area contributed by atoms with E-state index >= 15 is 0 Å². The fraction of sp³-hybridized carbons (Fsp3) is 0.353. The summed E-state index contributed by atoms with van der Waals surface area (Å²) in [6.07, 6.45) is 1.20. The van der Waals surface area contributed by atoms with Gasteiger partial charge in [0.25, 0.3) is 5.91 Å². The molecule has 1 aliphatic heterocycles. The molecule has 3 rings (SSSR count). The minimum Gasteiger partial charge on any atom is -0.480 e. The molecule has 6 heteroatoms. The molecule has 1 N–H and O–H groups in total. The van der Waals surface area contributed by atoms with Gasteiger partial charge in [0.05, 0.1) is 5.52 Å². The second kappa shape index (κ2) is 5.87. The van der Waals surface area contributed by atoms with Crippen molar-refractivity contribution in [2.75, 3.05) is 25.5 Å². The van der Waals surface area contributed by atoms with Crippen molar-refractivity contribution in [1.82, 2.24) is 9.88 Å². The highest BCUT2D eigenvalue weighted by Crippen LogP contribution is 2.27. The van der Waals surface area contributed by atoms with E-state index in [4.69, 9.17) is 0 Å². The number of carbonyl (C=O) groups excluding carboxylic acids is 1. The molecule has 2 heterocycles. The van der Waals surface area contributed by atoms with E-state index in [1.165, 1.54) is 4.90 Å². The van der Waals surface area contributed by atoms with Gasteiger partial charge in [-0.15, -0.1) is 0 Å². The minimum atomic E-state index is -0.954. The number of pyridine rings is 1. The van der Waals surface area contributed by atoms with Crippen LogP contribution in [-0.2, 0) is 4.79 Å². The zero-order valence-corrected chi connectivity index (χ0v) is 13.2. The highest BCUT2D eigenvalue weighted by Gasteiger charge is 2.35. The van der Waals surface area contributed by atoms with Gasteiger partial charge in [-0.2, -0.15) is 0 Å². The van der Waals surface area contributed by atoms with Gasteiger partial charge in [-0.05, 0) is 25.0 Å². The lowest BCUT2D eigenvalue weighted by Crippen LogP contribution is -2.40. The fourth-order valence-electron chi connectivity index (χ4n) is 3.05. The third kappa shape index (κ3) is 2.72. The van der Waals surface area contributed by atoms with Gasteiger partial charge in [-0.25, -0.2) is 9.78 Å². The molecule has 2 aromatic rings. The summed E-state index contributed by atoms with van der Waals surface area (Å²) in [5, 5.41) is 10.2. The molecule has 0 saturated carbocycles. The number of rotatable bonds is 3. The Kier molecular flexibility index (Phi) is 3.90. The maximum atomic E-state index is 12.8. The Morgan fingerprint density at radius 3 is 2.74 bits per heavy atom. The molecule has 1 fully saturated rings. The minimum absolute atomic E-state index is 0.292. The van der Waals surface area contributed by atoms with Crippen LogP contribution in [0.1, 0.15) is 23.3 Å². The summed E-state index contributed by atoms with van der Waals surface area (Å²) >= 11 is 0. The van der Waals surface area contributed by atoms with Crippen molar-refractivity contribution in [2.24, 2.45) is 0 Å². The Hall–Kier alpha value is -2.63. The van der Waals surface area contributed by atoms with Crippen LogP contribution in [0.25, 0.3) is 10.9 Å². The van der Waals surface area contributed by atoms with Gasteiger partial charge in [0.2, 0.25) is 0 Å². The van der Waals surface area contributed by atoms with Crippen molar-refractivity contribution in [2.45, 2.75) is 18.9 Å². The molecular formula is C17H19N3O3. The van der Waals surface area contributed by atoms with Crippen LogP contribution in [0.5, 0.6) is 0 Å². The highest BCUT2D eigenvalue weighted by molar-refractivity contribution is 6.01. The SMILES string of the molecule is CN(C)c1cc(C(=O)N2CCC[C@H]2C(=O)O)nc2ccccc12. The van der Waals surface area contributed by atoms with Gasteiger partial charge in [-0.3, -0.25) is 4.79 Å². The normalized spacial score (nSPS) is 17.5. The van der Waals surface area contributed by atoms with Crippen LogP contribution in [-0.4, -0.2) is 53.5 Å². The zero-order chi connectivity index (χ0) is 16.6. The second-order valence-corrected chi connectivity index (χ2v) is 5.93. The fourth-order valence-corrected chi connectivity index (χ4v) is 3.05. The van der Waals surface area contributed by atoms with E-state index in [-0.39, 0.29) is 5.91 Å². The average molecular weight is 313 g/mol. The number of aromatic nitrogens is 1. The van der Waals surface area contributed by atoms with E-state index < -0.39 is 12.0 Å². The van der Waals surface area contributed by atoms with Crippen molar-refractivity contribution in [1.29, 1.82) is 0 Å². The molecule has 6 nitrogen and oxygen atoms in total. The summed E-state index contributed by atoms with van der Waals surface area (Å²) in [5.41, 5.74) is 1.92. The van der Waals surface area contributed by atoms with Crippen LogP contribution in [0, 0.1) is 0 Å². The lowest BCUT2D eigenvalue weighted by Gasteiger charge is -2.22. The van der Waals surface area contributed by atoms with Crippen LogP contribution in [0.4, 0.5) is 5.69 Å². The van der Waals surface area contributed by atoms with Gasteiger partial charge in [0.1, 0.15) is 11.7 Å². The first-order valence-corrected chi connectivity index (χ1v) is 7.60. The van der Waals surface area contributed by atoms with E-state index in [2.05, 4.69) is 4.98 Å². The number of nitrogens with zero attached hydrogens (tertiary/aromatic N) is 3. The molecule has 1 amide bonds. The summed E-state index contributed by atoms with van der Waals surface area (Å²) in [7, 11) is 3.82. The molecule has 1 saturated heterocycles. The number of aliphatic carboxylic acids is 1. The Morgan fingerprint density at radius 2 is 2.04 bits per heavy atom. The van der Waals surface area contributed by atoms with E-state index in [0.29, 0.717) is 25.1 Å². The number of para-hydroxylation sites is 1. The van der Waals surface area contributed by atoms with E-state index in [1.54, 1.807) is 6.07 Å². The molecule has 0 radical (unpaired) electrons. The van der Waals surface area contributed by atoms with Gasteiger partial charge in [0, 0.05) is 31.7 Å². The van der Waals surface area contributed by atoms with Crippen LogP contribution in [0.3, 0.4) is 0 Å². The summed E-state index contributed by atoms with van der Waals surface area (Å²) in [4.78, 5) is 31.9. The largest absolute Gasteiger partial charge is 0.480 e. The first kappa shape index (κ1) is 15.3. The quantitative estimate of drug-likeness (QED) is 0.938. The number of hydrogen-bond donors (Lipinski definition) is 1. The Morgan fingerprint density at radius 1 is 1.30 bits per heavy atom. The number of likely N-dealkylation sites (tertiary alicyclic amines) is 1. The number of amides is 1. The lowest BCUT2D eigenvalue weighted by atomic mass is 10.1. The Balaban J connectivity index is 2.06. The van der Waals surface area contributed by atoms with Gasteiger partial charge in [-0.1, -0.05) is 18.2 Å². The molecule has 0 bridgehead atoms. The summed E-state index contributed by atoms with van der Waals surface area (Å²) in [6, 6.07) is 8.61. The Labute approximate surface area is 134 Å². The third-order valence-corrected chi connectivity index (χ3v) is 4.19. The van der Waals surface area contributed by atoms with Crippen LogP contribution >= 0.6 is 0 Å². The zero-order valence-electron chi connectivity index (χ0n) is 13.2. The average Bonchev–Trinajstić information content (AvgIpc) is 3.02. The molecule has 0 aliphatic carbocycles. The van der Waals surface area contributed by atoms with Crippen LogP contribution in [0.2, 0.25) is 0 Å². The van der Waals surface area contributed by atoms with E-state index in [0.717, 1.165) is 16.6 Å². The Bertz CT molecular complexity index is 773. The lowest BCUT2D eigenvalue weighted by molar-refractivity contribution is -0.141. The topological polar surface area (TPSA) is 73.7 Å². The van der Waals surface area contributed by atoms with Crippen molar-refractivity contribution < 1.29 is 14.7 Å². The second-order valence-electron chi connectivity index (χ2n) is 5.93. The summed E-state index contributed by atoms with van der Waals surface area (Å²) in [6.45, 7) is 0.460. The predicted octanol–water partition coefficient (Wildman–Crippen LogP) is 1.99. The monoisotopic (exact) mass is 313 g/mol. The maximum Gasteiger partial charge on any atom is 0.326 e. The highest BCUT2D eigenvalue weighted by atomic mass is 16.4. The first-order valence-electron chi connectivity index (χ1n) is 7.60. The molecule has 0 unspecified atom stereocenters. The summed E-state index contributed by atoms with van der Waals surface area (Å²) in [5.74, 6) is -1.27. The molecule has 23 heavy (non-hydrogen) atoms. The molecule has 0 spiro atoms. The number of benzene rings is 1. The molecule has 1 atom stereocenters. The molecular weight excluding hydrogens is 294 g/mol. The van der Waals surface area contributed by atoms with E-state index in [1.807, 2.05) is 43.3 Å². The molecule has 1 aromatic heterocycles. The van der Waals surface area contributed by atoms with Gasteiger partial charge < -0.3 is 14.9 Å². The predicted molar refractivity (Wildman–Crippen MR) is 87.8 cm³/mol. The van der Waals surface area contributed by atoms with Crippen LogP contribution in [0.15, 0.2) is 30.3 Å². The standard InChI is InChI=1S/C17H19N3O3/c1-19(2)15-10-13(18-12-7-4-3-6-11(12)15)16(21)20-9-5-8-14(20)17(22)23/h3-4,6-7,10,14H,5,8-9H2,1-2H3,(H,22,23)/t14-/m0/s1. The number of anilines is 1. The number of carbonyl (C=O) groups is 2. The van der Waals surface area contributed by atoms with Gasteiger partial charge in [0.15, 0.2) is 0 Å². The van der Waals surface area contributed by atoms with Crippen molar-refractivity contribution in [3.05, 3.63) is 36.0 Å². The third-order valence-electron chi connectivity index (χ3n) is 4.19. The first-order chi connectivity index (χ1) is 11.0. The molecule has 1 aliphatic rings. The molecule has 1 aromatic carbocycles. The molecule has 120 valence electrons. The van der Waals surface area contributed by atoms with Crippen LogP contribution < -0.4 is 4.90 Å². The van der Waals surface area contributed by atoms with Gasteiger partial charge >= 0.3 is 5.97 Å². The van der Waals surface area contributed by atoms with E-state index in [9.17, 15) is 14.7 Å².